The molecule has 128 valence electrons. The van der Waals surface area contributed by atoms with Crippen molar-refractivity contribution in [1.29, 1.82) is 0 Å². The van der Waals surface area contributed by atoms with Crippen molar-refractivity contribution in [2.45, 2.75) is 6.42 Å². The molecule has 4 rings (SSSR count). The van der Waals surface area contributed by atoms with E-state index in [4.69, 9.17) is 16.0 Å². The van der Waals surface area contributed by atoms with Crippen LogP contribution in [0.3, 0.4) is 0 Å². The summed E-state index contributed by atoms with van der Waals surface area (Å²) in [4.78, 5) is 16.7. The van der Waals surface area contributed by atoms with Crippen molar-refractivity contribution in [3.63, 3.8) is 0 Å². The van der Waals surface area contributed by atoms with Crippen molar-refractivity contribution in [2.75, 3.05) is 5.32 Å². The Morgan fingerprint density at radius 1 is 1.00 bits per heavy atom. The number of amides is 1. The molecule has 0 radical (unpaired) electrons. The number of halogens is 1. The number of anilines is 1. The molecule has 0 spiro atoms. The van der Waals surface area contributed by atoms with E-state index in [2.05, 4.69) is 10.3 Å². The minimum absolute atomic E-state index is 0.195. The Morgan fingerprint density at radius 3 is 2.58 bits per heavy atom. The summed E-state index contributed by atoms with van der Waals surface area (Å²) >= 11 is 5.92. The number of rotatable bonds is 4. The van der Waals surface area contributed by atoms with E-state index in [0.717, 1.165) is 22.4 Å². The average molecular weight is 363 g/mol. The third-order valence-electron chi connectivity index (χ3n) is 3.99. The lowest BCUT2D eigenvalue weighted by atomic mass is 10.1. The summed E-state index contributed by atoms with van der Waals surface area (Å²) in [5, 5.41) is 3.40. The number of fused-ring (bicyclic) bond motifs is 1. The van der Waals surface area contributed by atoms with Crippen molar-refractivity contribution < 1.29 is 9.21 Å². The molecule has 1 heterocycles. The molecule has 0 unspecified atom stereocenters. The van der Waals surface area contributed by atoms with E-state index >= 15 is 0 Å². The SMILES string of the molecule is O=C(Nc1ccc(Cc2nc3ccccc3o2)cc1)c1cccc(Cl)c1. The van der Waals surface area contributed by atoms with Gasteiger partial charge >= 0.3 is 0 Å². The zero-order valence-corrected chi connectivity index (χ0v) is 14.5. The monoisotopic (exact) mass is 362 g/mol. The van der Waals surface area contributed by atoms with Crippen molar-refractivity contribution in [1.82, 2.24) is 4.98 Å². The van der Waals surface area contributed by atoms with Crippen LogP contribution in [0.5, 0.6) is 0 Å². The standard InChI is InChI=1S/C21H15ClN2O2/c22-16-5-3-4-15(13-16)21(25)23-17-10-8-14(9-11-17)12-20-24-18-6-1-2-7-19(18)26-20/h1-11,13H,12H2,(H,23,25). The van der Waals surface area contributed by atoms with Gasteiger partial charge in [-0.2, -0.15) is 0 Å². The number of oxazole rings is 1. The summed E-state index contributed by atoms with van der Waals surface area (Å²) in [5.41, 5.74) is 3.93. The second-order valence-corrected chi connectivity index (χ2v) is 6.35. The third-order valence-corrected chi connectivity index (χ3v) is 4.23. The summed E-state index contributed by atoms with van der Waals surface area (Å²) in [6.07, 6.45) is 0.594. The molecule has 4 aromatic rings. The number of hydrogen-bond acceptors (Lipinski definition) is 3. The lowest BCUT2D eigenvalue weighted by Gasteiger charge is -2.06. The minimum Gasteiger partial charge on any atom is -0.440 e. The molecular weight excluding hydrogens is 348 g/mol. The Morgan fingerprint density at radius 2 is 1.81 bits per heavy atom. The number of aromatic nitrogens is 1. The molecule has 0 aliphatic carbocycles. The molecule has 1 aromatic heterocycles. The molecule has 1 N–H and O–H groups in total. The van der Waals surface area contributed by atoms with E-state index in [1.165, 1.54) is 0 Å². The van der Waals surface area contributed by atoms with Crippen molar-refractivity contribution in [3.05, 3.63) is 94.8 Å². The van der Waals surface area contributed by atoms with Gasteiger partial charge in [0.1, 0.15) is 5.52 Å². The zero-order valence-electron chi connectivity index (χ0n) is 13.8. The Bertz CT molecular complexity index is 1040. The summed E-state index contributed by atoms with van der Waals surface area (Å²) < 4.78 is 5.74. The highest BCUT2D eigenvalue weighted by molar-refractivity contribution is 6.31. The highest BCUT2D eigenvalue weighted by atomic mass is 35.5. The first-order valence-electron chi connectivity index (χ1n) is 8.18. The highest BCUT2D eigenvalue weighted by Gasteiger charge is 2.08. The van der Waals surface area contributed by atoms with Crippen molar-refractivity contribution in [2.24, 2.45) is 0 Å². The molecule has 1 amide bonds. The van der Waals surface area contributed by atoms with Crippen LogP contribution in [-0.4, -0.2) is 10.9 Å². The van der Waals surface area contributed by atoms with Gasteiger partial charge in [-0.05, 0) is 48.0 Å². The number of nitrogens with zero attached hydrogens (tertiary/aromatic N) is 1. The first-order valence-corrected chi connectivity index (χ1v) is 8.55. The quantitative estimate of drug-likeness (QED) is 0.534. The smallest absolute Gasteiger partial charge is 0.255 e. The minimum atomic E-state index is -0.195. The maximum absolute atomic E-state index is 12.2. The van der Waals surface area contributed by atoms with Gasteiger partial charge in [0.2, 0.25) is 0 Å². The molecule has 26 heavy (non-hydrogen) atoms. The molecule has 5 heteroatoms. The highest BCUT2D eigenvalue weighted by Crippen LogP contribution is 2.19. The largest absolute Gasteiger partial charge is 0.440 e. The molecular formula is C21H15ClN2O2. The zero-order chi connectivity index (χ0) is 17.9. The van der Waals surface area contributed by atoms with E-state index in [-0.39, 0.29) is 5.91 Å². The number of carbonyl (C=O) groups excluding carboxylic acids is 1. The number of hydrogen-bond donors (Lipinski definition) is 1. The second kappa shape index (κ2) is 7.02. The number of benzene rings is 3. The van der Waals surface area contributed by atoms with Crippen molar-refractivity contribution >= 4 is 34.3 Å². The lowest BCUT2D eigenvalue weighted by molar-refractivity contribution is 0.102. The van der Waals surface area contributed by atoms with Gasteiger partial charge in [-0.3, -0.25) is 4.79 Å². The second-order valence-electron chi connectivity index (χ2n) is 5.91. The van der Waals surface area contributed by atoms with E-state index in [1.54, 1.807) is 24.3 Å². The van der Waals surface area contributed by atoms with E-state index in [1.807, 2.05) is 48.5 Å². The molecule has 4 nitrogen and oxygen atoms in total. The maximum Gasteiger partial charge on any atom is 0.255 e. The fourth-order valence-electron chi connectivity index (χ4n) is 2.71. The predicted octanol–water partition coefficient (Wildman–Crippen LogP) is 5.32. The third kappa shape index (κ3) is 3.60. The van der Waals surface area contributed by atoms with Gasteiger partial charge in [-0.25, -0.2) is 4.98 Å². The van der Waals surface area contributed by atoms with Crippen LogP contribution in [0.4, 0.5) is 5.69 Å². The van der Waals surface area contributed by atoms with Gasteiger partial charge in [0, 0.05) is 22.7 Å². The molecule has 0 atom stereocenters. The molecule has 0 aliphatic heterocycles. The number of para-hydroxylation sites is 2. The first kappa shape index (κ1) is 16.4. The summed E-state index contributed by atoms with van der Waals surface area (Å²) in [5.74, 6) is 0.473. The molecule has 0 fully saturated rings. The van der Waals surface area contributed by atoms with Crippen LogP contribution >= 0.6 is 11.6 Å². The molecule has 0 saturated carbocycles. The van der Waals surface area contributed by atoms with Gasteiger partial charge in [0.15, 0.2) is 11.5 Å². The van der Waals surface area contributed by atoms with Gasteiger partial charge < -0.3 is 9.73 Å². The molecule has 0 saturated heterocycles. The maximum atomic E-state index is 12.2. The van der Waals surface area contributed by atoms with Crippen LogP contribution in [-0.2, 0) is 6.42 Å². The molecule has 0 aliphatic rings. The topological polar surface area (TPSA) is 55.1 Å². The van der Waals surface area contributed by atoms with Gasteiger partial charge in [-0.1, -0.05) is 41.9 Å². The predicted molar refractivity (Wildman–Crippen MR) is 103 cm³/mol. The van der Waals surface area contributed by atoms with E-state index in [9.17, 15) is 4.79 Å². The van der Waals surface area contributed by atoms with Gasteiger partial charge in [-0.15, -0.1) is 0 Å². The first-order chi connectivity index (χ1) is 12.7. The molecule has 0 bridgehead atoms. The Hall–Kier alpha value is -3.11. The van der Waals surface area contributed by atoms with Crippen LogP contribution in [0, 0.1) is 0 Å². The van der Waals surface area contributed by atoms with Crippen LogP contribution in [0.15, 0.2) is 77.2 Å². The average Bonchev–Trinajstić information content (AvgIpc) is 3.05. The Kier molecular flexibility index (Phi) is 4.42. The fraction of sp³-hybridized carbons (Fsp3) is 0.0476. The van der Waals surface area contributed by atoms with Gasteiger partial charge in [0.25, 0.3) is 5.91 Å². The van der Waals surface area contributed by atoms with Crippen LogP contribution in [0.2, 0.25) is 5.02 Å². The van der Waals surface area contributed by atoms with Crippen LogP contribution < -0.4 is 5.32 Å². The molecule has 3 aromatic carbocycles. The Balaban J connectivity index is 1.45. The van der Waals surface area contributed by atoms with Crippen molar-refractivity contribution in [3.8, 4) is 0 Å². The van der Waals surface area contributed by atoms with Crippen LogP contribution in [0.25, 0.3) is 11.1 Å². The van der Waals surface area contributed by atoms with E-state index < -0.39 is 0 Å². The van der Waals surface area contributed by atoms with Crippen LogP contribution in [0.1, 0.15) is 21.8 Å². The lowest BCUT2D eigenvalue weighted by Crippen LogP contribution is -2.11. The fourth-order valence-corrected chi connectivity index (χ4v) is 2.90. The summed E-state index contributed by atoms with van der Waals surface area (Å²) in [6, 6.07) is 22.2. The Labute approximate surface area is 155 Å². The number of nitrogens with one attached hydrogen (secondary N) is 1. The summed E-state index contributed by atoms with van der Waals surface area (Å²) in [6.45, 7) is 0. The number of carbonyl (C=O) groups is 1. The summed E-state index contributed by atoms with van der Waals surface area (Å²) in [7, 11) is 0. The van der Waals surface area contributed by atoms with Gasteiger partial charge in [0.05, 0.1) is 0 Å². The normalized spacial score (nSPS) is 10.8. The van der Waals surface area contributed by atoms with E-state index in [0.29, 0.717) is 22.9 Å².